The summed E-state index contributed by atoms with van der Waals surface area (Å²) < 4.78 is 20.0. The van der Waals surface area contributed by atoms with E-state index in [-0.39, 0.29) is 5.82 Å². The third-order valence-electron chi connectivity index (χ3n) is 4.18. The molecule has 3 rings (SSSR count). The molecule has 2 aliphatic rings. The van der Waals surface area contributed by atoms with E-state index in [1.165, 1.54) is 6.07 Å². The first-order chi connectivity index (χ1) is 9.27. The lowest BCUT2D eigenvalue weighted by Gasteiger charge is -2.29. The molecule has 1 aliphatic heterocycles. The third-order valence-corrected chi connectivity index (χ3v) is 4.18. The van der Waals surface area contributed by atoms with E-state index in [0.717, 1.165) is 31.2 Å². The van der Waals surface area contributed by atoms with Crippen molar-refractivity contribution in [1.82, 2.24) is 0 Å². The number of aryl methyl sites for hydroxylation is 1. The molecule has 0 saturated heterocycles. The molecule has 0 unspecified atom stereocenters. The van der Waals surface area contributed by atoms with Crippen LogP contribution in [0.15, 0.2) is 17.1 Å². The first-order valence-electron chi connectivity index (χ1n) is 6.80. The van der Waals surface area contributed by atoms with Crippen molar-refractivity contribution in [2.75, 3.05) is 6.61 Å². The number of benzene rings is 1. The van der Waals surface area contributed by atoms with Crippen molar-refractivity contribution < 1.29 is 13.9 Å². The highest BCUT2D eigenvalue weighted by Crippen LogP contribution is 2.48. The zero-order valence-corrected chi connectivity index (χ0v) is 10.7. The van der Waals surface area contributed by atoms with Crippen molar-refractivity contribution in [1.29, 1.82) is 0 Å². The zero-order valence-electron chi connectivity index (χ0n) is 10.7. The standard InChI is InChI=1S/C15H16FNO2/c16-12-6-5-11-4-3-9-19-14(11)13(12)15(17-10-18)7-1-2-8-15/h5-6H,1-4,7-9H2. The van der Waals surface area contributed by atoms with Gasteiger partial charge >= 0.3 is 0 Å². The van der Waals surface area contributed by atoms with Crippen LogP contribution in [0.4, 0.5) is 4.39 Å². The molecule has 0 amide bonds. The summed E-state index contributed by atoms with van der Waals surface area (Å²) >= 11 is 0. The van der Waals surface area contributed by atoms with Crippen LogP contribution in [0, 0.1) is 5.82 Å². The third kappa shape index (κ3) is 1.96. The van der Waals surface area contributed by atoms with Gasteiger partial charge in [-0.05, 0) is 37.3 Å². The van der Waals surface area contributed by atoms with Crippen LogP contribution in [0.25, 0.3) is 0 Å². The molecule has 0 atom stereocenters. The smallest absolute Gasteiger partial charge is 0.235 e. The highest BCUT2D eigenvalue weighted by atomic mass is 19.1. The van der Waals surface area contributed by atoms with E-state index < -0.39 is 5.54 Å². The first kappa shape index (κ1) is 12.4. The minimum Gasteiger partial charge on any atom is -0.493 e. The molecule has 4 heteroatoms. The van der Waals surface area contributed by atoms with Crippen LogP contribution in [0.1, 0.15) is 43.2 Å². The predicted octanol–water partition coefficient (Wildman–Crippen LogP) is 3.26. The maximum absolute atomic E-state index is 14.3. The Morgan fingerprint density at radius 3 is 2.79 bits per heavy atom. The highest BCUT2D eigenvalue weighted by molar-refractivity contribution is 5.50. The molecule has 0 spiro atoms. The van der Waals surface area contributed by atoms with Crippen LogP contribution in [0.5, 0.6) is 5.75 Å². The maximum Gasteiger partial charge on any atom is 0.235 e. The summed E-state index contributed by atoms with van der Waals surface area (Å²) in [5.41, 5.74) is 0.745. The van der Waals surface area contributed by atoms with Crippen LogP contribution in [0.2, 0.25) is 0 Å². The van der Waals surface area contributed by atoms with Crippen LogP contribution < -0.4 is 4.74 Å². The van der Waals surface area contributed by atoms with Gasteiger partial charge in [-0.15, -0.1) is 0 Å². The topological polar surface area (TPSA) is 38.7 Å². The molecule has 0 radical (unpaired) electrons. The Morgan fingerprint density at radius 2 is 2.05 bits per heavy atom. The lowest BCUT2D eigenvalue weighted by atomic mass is 9.85. The van der Waals surface area contributed by atoms with Crippen molar-refractivity contribution in [3.63, 3.8) is 0 Å². The Labute approximate surface area is 111 Å². The molecule has 1 aromatic carbocycles. The van der Waals surface area contributed by atoms with Crippen LogP contribution in [-0.4, -0.2) is 12.7 Å². The molecule has 1 aromatic rings. The lowest BCUT2D eigenvalue weighted by molar-refractivity contribution is 0.272. The predicted molar refractivity (Wildman–Crippen MR) is 68.5 cm³/mol. The molecule has 0 aromatic heterocycles. The lowest BCUT2D eigenvalue weighted by Crippen LogP contribution is -2.24. The second-order valence-corrected chi connectivity index (χ2v) is 5.30. The van der Waals surface area contributed by atoms with Crippen molar-refractivity contribution in [2.45, 2.75) is 44.1 Å². The number of nitrogens with zero attached hydrogens (tertiary/aromatic N) is 1. The van der Waals surface area contributed by atoms with Gasteiger partial charge in [0.05, 0.1) is 12.2 Å². The number of carbonyl (C=O) groups excluding carboxylic acids is 1. The van der Waals surface area contributed by atoms with Crippen molar-refractivity contribution in [3.05, 3.63) is 29.1 Å². The van der Waals surface area contributed by atoms with Gasteiger partial charge in [0.2, 0.25) is 6.08 Å². The minimum absolute atomic E-state index is 0.318. The number of rotatable bonds is 2. The van der Waals surface area contributed by atoms with Crippen LogP contribution in [0.3, 0.4) is 0 Å². The highest BCUT2D eigenvalue weighted by Gasteiger charge is 2.41. The number of fused-ring (bicyclic) bond motifs is 1. The van der Waals surface area contributed by atoms with Gasteiger partial charge in [0.25, 0.3) is 0 Å². The number of aliphatic imine (C=N–C) groups is 1. The Bertz CT molecular complexity index is 543. The molecular weight excluding hydrogens is 245 g/mol. The normalized spacial score (nSPS) is 20.3. The summed E-state index contributed by atoms with van der Waals surface area (Å²) in [6.45, 7) is 0.602. The Balaban J connectivity index is 2.20. The summed E-state index contributed by atoms with van der Waals surface area (Å²) in [5, 5.41) is 0. The van der Waals surface area contributed by atoms with Crippen molar-refractivity contribution in [3.8, 4) is 5.75 Å². The molecule has 0 bridgehead atoms. The Morgan fingerprint density at radius 1 is 1.26 bits per heavy atom. The van der Waals surface area contributed by atoms with Gasteiger partial charge in [0.15, 0.2) is 0 Å². The molecule has 19 heavy (non-hydrogen) atoms. The minimum atomic E-state index is -0.755. The number of ether oxygens (including phenoxy) is 1. The SMILES string of the molecule is O=C=NC1(c2c(F)ccc3c2OCCC3)CCCC1. The van der Waals surface area contributed by atoms with Crippen molar-refractivity contribution in [2.24, 2.45) is 4.99 Å². The number of isocyanates is 1. The molecule has 1 heterocycles. The van der Waals surface area contributed by atoms with E-state index in [9.17, 15) is 9.18 Å². The van der Waals surface area contributed by atoms with E-state index in [2.05, 4.69) is 4.99 Å². The molecule has 1 saturated carbocycles. The fourth-order valence-electron chi connectivity index (χ4n) is 3.30. The van der Waals surface area contributed by atoms with Crippen LogP contribution >= 0.6 is 0 Å². The van der Waals surface area contributed by atoms with E-state index in [1.807, 2.05) is 0 Å². The second kappa shape index (κ2) is 4.78. The van der Waals surface area contributed by atoms with Crippen molar-refractivity contribution >= 4 is 6.08 Å². The number of halogens is 1. The summed E-state index contributed by atoms with van der Waals surface area (Å²) in [6.07, 6.45) is 6.77. The van der Waals surface area contributed by atoms with Gasteiger partial charge in [-0.3, -0.25) is 0 Å². The quantitative estimate of drug-likeness (QED) is 0.605. The number of hydrogen-bond acceptors (Lipinski definition) is 3. The number of hydrogen-bond donors (Lipinski definition) is 0. The molecule has 3 nitrogen and oxygen atoms in total. The first-order valence-corrected chi connectivity index (χ1v) is 6.80. The monoisotopic (exact) mass is 261 g/mol. The van der Waals surface area contributed by atoms with Gasteiger partial charge in [-0.1, -0.05) is 18.9 Å². The molecule has 0 N–H and O–H groups in total. The summed E-state index contributed by atoms with van der Waals surface area (Å²) in [5.74, 6) is 0.300. The van der Waals surface area contributed by atoms with E-state index >= 15 is 0 Å². The Hall–Kier alpha value is -1.67. The van der Waals surface area contributed by atoms with E-state index in [0.29, 0.717) is 30.8 Å². The van der Waals surface area contributed by atoms with Gasteiger partial charge in [-0.25, -0.2) is 9.18 Å². The fourth-order valence-corrected chi connectivity index (χ4v) is 3.30. The van der Waals surface area contributed by atoms with E-state index in [4.69, 9.17) is 4.74 Å². The van der Waals surface area contributed by atoms with Gasteiger partial charge in [0, 0.05) is 0 Å². The molecule has 100 valence electrons. The largest absolute Gasteiger partial charge is 0.493 e. The summed E-state index contributed by atoms with van der Waals surface area (Å²) in [6, 6.07) is 3.25. The van der Waals surface area contributed by atoms with Gasteiger partial charge in [-0.2, -0.15) is 4.99 Å². The summed E-state index contributed by atoms with van der Waals surface area (Å²) in [4.78, 5) is 14.7. The fraction of sp³-hybridized carbons (Fsp3) is 0.533. The summed E-state index contributed by atoms with van der Waals surface area (Å²) in [7, 11) is 0. The molecular formula is C15H16FNO2. The average molecular weight is 261 g/mol. The van der Waals surface area contributed by atoms with E-state index in [1.54, 1.807) is 12.1 Å². The Kier molecular flexibility index (Phi) is 3.11. The second-order valence-electron chi connectivity index (χ2n) is 5.30. The van der Waals surface area contributed by atoms with Gasteiger partial charge < -0.3 is 4.74 Å². The average Bonchev–Trinajstić information content (AvgIpc) is 2.88. The maximum atomic E-state index is 14.3. The zero-order chi connectivity index (χ0) is 13.3. The van der Waals surface area contributed by atoms with Gasteiger partial charge in [0.1, 0.15) is 17.1 Å². The van der Waals surface area contributed by atoms with Crippen LogP contribution in [-0.2, 0) is 16.8 Å². The molecule has 1 aliphatic carbocycles. The molecule has 1 fully saturated rings.